The molecular weight excluding hydrogens is 526 g/mol. The molecule has 0 bridgehead atoms. The Hall–Kier alpha value is -4.72. The summed E-state index contributed by atoms with van der Waals surface area (Å²) in [5.74, 6) is 7.19. The maximum Gasteiger partial charge on any atom is 0.204 e. The Morgan fingerprint density at radius 2 is 1.76 bits per heavy atom. The number of hydrogen-bond acceptors (Lipinski definition) is 12. The van der Waals surface area contributed by atoms with Crippen molar-refractivity contribution < 1.29 is 19.1 Å². The molecule has 0 unspecified atom stereocenters. The molecule has 9 N–H and O–H groups in total. The highest BCUT2D eigenvalue weighted by atomic mass is 16.6. The van der Waals surface area contributed by atoms with E-state index in [0.29, 0.717) is 35.9 Å². The second kappa shape index (κ2) is 16.4. The minimum absolute atomic E-state index is 0.216. The number of morpholine rings is 1. The summed E-state index contributed by atoms with van der Waals surface area (Å²) < 4.78 is 11.3. The summed E-state index contributed by atoms with van der Waals surface area (Å²) in [5, 5.41) is 15.3. The fraction of sp³-hybridized carbons (Fsp3) is 0.286. The number of ether oxygens (including phenoxy) is 2. The van der Waals surface area contributed by atoms with Crippen LogP contribution in [0.3, 0.4) is 0 Å². The second-order valence-corrected chi connectivity index (χ2v) is 8.84. The first-order valence-corrected chi connectivity index (χ1v) is 13.0. The molecule has 218 valence electrons. The number of primary amides is 1. The summed E-state index contributed by atoms with van der Waals surface area (Å²) in [5.41, 5.74) is 13.4. The fourth-order valence-electron chi connectivity index (χ4n) is 3.89. The number of nitrogens with one attached hydrogen (secondary N) is 3. The number of carbonyl (C=O) groups is 1. The minimum Gasteiger partial charge on any atom is -0.492 e. The minimum atomic E-state index is 0.216. The van der Waals surface area contributed by atoms with Crippen molar-refractivity contribution in [2.45, 2.75) is 6.92 Å². The molecule has 0 atom stereocenters. The van der Waals surface area contributed by atoms with Crippen LogP contribution in [-0.2, 0) is 14.4 Å². The van der Waals surface area contributed by atoms with Gasteiger partial charge < -0.3 is 36.4 Å². The van der Waals surface area contributed by atoms with Crippen molar-refractivity contribution in [2.75, 3.05) is 62.4 Å². The molecule has 4 rings (SSSR count). The number of nitrogens with zero attached hydrogens (tertiary/aromatic N) is 3. The molecule has 1 aliphatic rings. The zero-order chi connectivity index (χ0) is 29.5. The summed E-state index contributed by atoms with van der Waals surface area (Å²) in [4.78, 5) is 24.0. The highest BCUT2D eigenvalue weighted by Crippen LogP contribution is 2.26. The van der Waals surface area contributed by atoms with Gasteiger partial charge in [-0.3, -0.25) is 15.1 Å². The molecule has 1 saturated heterocycles. The van der Waals surface area contributed by atoms with Gasteiger partial charge in [-0.2, -0.15) is 5.90 Å². The van der Waals surface area contributed by atoms with Crippen LogP contribution in [0.1, 0.15) is 18.1 Å². The Balaban J connectivity index is 0.00000147. The molecule has 1 fully saturated rings. The largest absolute Gasteiger partial charge is 0.492 e. The van der Waals surface area contributed by atoms with E-state index in [1.165, 1.54) is 6.33 Å². The predicted molar refractivity (Wildman–Crippen MR) is 159 cm³/mol. The Morgan fingerprint density at radius 3 is 2.41 bits per heavy atom. The SMILES string of the molecule is C/C(=C/CNc1ccc(Nc2ncnc(N)c2C(=N)c2ccc(OCCN3CCOCC3)cc2)cc1)ON.NC=O. The first-order chi connectivity index (χ1) is 19.9. The fourth-order valence-corrected chi connectivity index (χ4v) is 3.89. The van der Waals surface area contributed by atoms with Crippen LogP contribution in [0.15, 0.2) is 66.7 Å². The van der Waals surface area contributed by atoms with E-state index in [4.69, 9.17) is 31.3 Å². The standard InChI is InChI=1S/C27H34N8O3.CH3NO/c1-19(38-30)10-11-31-21-4-6-22(7-5-21)34-27-24(26(29)32-18-33-27)25(28)20-2-8-23(9-3-20)37-17-14-35-12-15-36-16-13-35;2-1-3/h2-10,18,28,31H,11-17,30H2,1H3,(H3,29,32,33,34);1H,(H2,2,3)/b19-10-,28-25?;. The number of amides is 1. The van der Waals surface area contributed by atoms with Crippen LogP contribution >= 0.6 is 0 Å². The molecule has 1 amide bonds. The van der Waals surface area contributed by atoms with Crippen molar-refractivity contribution in [1.82, 2.24) is 14.9 Å². The number of hydrogen-bond donors (Lipinski definition) is 6. The molecular formula is C28H37N9O4. The van der Waals surface area contributed by atoms with Crippen molar-refractivity contribution in [2.24, 2.45) is 11.6 Å². The lowest BCUT2D eigenvalue weighted by Gasteiger charge is -2.26. The van der Waals surface area contributed by atoms with Crippen molar-refractivity contribution in [3.63, 3.8) is 0 Å². The summed E-state index contributed by atoms with van der Waals surface area (Å²) in [6, 6.07) is 15.1. The monoisotopic (exact) mass is 563 g/mol. The van der Waals surface area contributed by atoms with Crippen LogP contribution in [0, 0.1) is 5.41 Å². The normalized spacial score (nSPS) is 13.4. The number of nitrogens with two attached hydrogens (primary N) is 3. The van der Waals surface area contributed by atoms with E-state index in [0.717, 1.165) is 50.0 Å². The van der Waals surface area contributed by atoms with Gasteiger partial charge >= 0.3 is 0 Å². The van der Waals surface area contributed by atoms with Gasteiger partial charge in [0, 0.05) is 43.1 Å². The van der Waals surface area contributed by atoms with Crippen LogP contribution in [-0.4, -0.2) is 73.0 Å². The van der Waals surface area contributed by atoms with Crippen LogP contribution < -0.4 is 32.7 Å². The van der Waals surface area contributed by atoms with Gasteiger partial charge in [-0.25, -0.2) is 9.97 Å². The molecule has 0 spiro atoms. The van der Waals surface area contributed by atoms with Crippen LogP contribution in [0.5, 0.6) is 5.75 Å². The summed E-state index contributed by atoms with van der Waals surface area (Å²) in [7, 11) is 0. The summed E-state index contributed by atoms with van der Waals surface area (Å²) in [6.45, 7) is 7.21. The first-order valence-electron chi connectivity index (χ1n) is 13.0. The van der Waals surface area contributed by atoms with E-state index < -0.39 is 0 Å². The molecule has 0 radical (unpaired) electrons. The highest BCUT2D eigenvalue weighted by Gasteiger charge is 2.17. The average Bonchev–Trinajstić information content (AvgIpc) is 2.99. The number of aromatic nitrogens is 2. The molecule has 13 nitrogen and oxygen atoms in total. The average molecular weight is 564 g/mol. The van der Waals surface area contributed by atoms with Gasteiger partial charge in [0.1, 0.15) is 36.1 Å². The van der Waals surface area contributed by atoms with E-state index >= 15 is 0 Å². The van der Waals surface area contributed by atoms with E-state index in [9.17, 15) is 0 Å². The Bertz CT molecular complexity index is 1280. The molecule has 41 heavy (non-hydrogen) atoms. The van der Waals surface area contributed by atoms with E-state index in [-0.39, 0.29) is 17.9 Å². The van der Waals surface area contributed by atoms with Crippen LogP contribution in [0.2, 0.25) is 0 Å². The van der Waals surface area contributed by atoms with Gasteiger partial charge in [0.05, 0.1) is 24.5 Å². The number of rotatable bonds is 12. The second-order valence-electron chi connectivity index (χ2n) is 8.84. The maximum atomic E-state index is 8.83. The lowest BCUT2D eigenvalue weighted by Crippen LogP contribution is -2.38. The topological polar surface area (TPSA) is 200 Å². The highest BCUT2D eigenvalue weighted by molar-refractivity contribution is 6.16. The van der Waals surface area contributed by atoms with Crippen molar-refractivity contribution in [3.8, 4) is 5.75 Å². The third kappa shape index (κ3) is 9.76. The van der Waals surface area contributed by atoms with Crippen molar-refractivity contribution in [1.29, 1.82) is 5.41 Å². The zero-order valence-corrected chi connectivity index (χ0v) is 23.0. The predicted octanol–water partition coefficient (Wildman–Crippen LogP) is 2.24. The number of anilines is 4. The van der Waals surface area contributed by atoms with Gasteiger partial charge in [-0.1, -0.05) is 0 Å². The molecule has 13 heteroatoms. The summed E-state index contributed by atoms with van der Waals surface area (Å²) >= 11 is 0. The molecule has 2 heterocycles. The van der Waals surface area contributed by atoms with Crippen LogP contribution in [0.25, 0.3) is 0 Å². The lowest BCUT2D eigenvalue weighted by atomic mass is 10.0. The summed E-state index contributed by atoms with van der Waals surface area (Å²) in [6.07, 6.45) is 3.47. The zero-order valence-electron chi connectivity index (χ0n) is 23.0. The molecule has 2 aromatic carbocycles. The smallest absolute Gasteiger partial charge is 0.204 e. The molecule has 0 aliphatic carbocycles. The van der Waals surface area contributed by atoms with Crippen LogP contribution in [0.4, 0.5) is 23.0 Å². The molecule has 1 aromatic heterocycles. The van der Waals surface area contributed by atoms with E-state index in [1.807, 2.05) is 54.6 Å². The quantitative estimate of drug-likeness (QED) is 0.0817. The van der Waals surface area contributed by atoms with Gasteiger partial charge in [-0.15, -0.1) is 0 Å². The molecule has 0 saturated carbocycles. The van der Waals surface area contributed by atoms with Crippen molar-refractivity contribution in [3.05, 3.63) is 77.8 Å². The van der Waals surface area contributed by atoms with Gasteiger partial charge in [0.2, 0.25) is 6.41 Å². The van der Waals surface area contributed by atoms with E-state index in [1.54, 1.807) is 6.92 Å². The number of carbonyl (C=O) groups excluding carboxylic acids is 1. The van der Waals surface area contributed by atoms with E-state index in [2.05, 4.69) is 36.1 Å². The van der Waals surface area contributed by atoms with Gasteiger partial charge in [-0.05, 0) is 61.5 Å². The molecule has 1 aliphatic heterocycles. The molecule has 3 aromatic rings. The third-order valence-corrected chi connectivity index (χ3v) is 6.08. The van der Waals surface area contributed by atoms with Gasteiger partial charge in [0.15, 0.2) is 0 Å². The van der Waals surface area contributed by atoms with Crippen molar-refractivity contribution >= 4 is 35.1 Å². The first kappa shape index (κ1) is 30.8. The maximum absolute atomic E-state index is 8.83. The van der Waals surface area contributed by atoms with Gasteiger partial charge in [0.25, 0.3) is 0 Å². The number of benzene rings is 2. The Labute approximate surface area is 239 Å². The number of allylic oxidation sites excluding steroid dienone is 1. The third-order valence-electron chi connectivity index (χ3n) is 6.08. The Kier molecular flexibility index (Phi) is 12.3. The lowest BCUT2D eigenvalue weighted by molar-refractivity contribution is -0.106. The Morgan fingerprint density at radius 1 is 1.10 bits per heavy atom. The number of nitrogen functional groups attached to an aromatic ring is 1.